The van der Waals surface area contributed by atoms with E-state index >= 15 is 0 Å². The largest absolute Gasteiger partial charge is 0.384 e. The van der Waals surface area contributed by atoms with Crippen LogP contribution in [-0.4, -0.2) is 37.8 Å². The van der Waals surface area contributed by atoms with Crippen LogP contribution in [-0.2, 0) is 4.74 Å². The van der Waals surface area contributed by atoms with Crippen LogP contribution in [0.2, 0.25) is 0 Å². The van der Waals surface area contributed by atoms with E-state index in [1.165, 1.54) is 18.5 Å². The van der Waals surface area contributed by atoms with Crippen molar-refractivity contribution in [2.24, 2.45) is 0 Å². The van der Waals surface area contributed by atoms with Crippen molar-refractivity contribution in [3.8, 4) is 0 Å². The molecule has 4 heteroatoms. The molecule has 1 aromatic heterocycles. The Bertz CT molecular complexity index is 352. The quantitative estimate of drug-likeness (QED) is 0.785. The normalized spacial score (nSPS) is 14.7. The van der Waals surface area contributed by atoms with Gasteiger partial charge >= 0.3 is 0 Å². The standard InChI is InChI=1S/C13H21N3O/c1-3-15-11-8-13(10-14-9-11)16(6-7-17-2)12-4-5-12/h8-10,12,15H,3-7H2,1-2H3. The van der Waals surface area contributed by atoms with E-state index < -0.39 is 0 Å². The molecule has 1 aliphatic rings. The fourth-order valence-electron chi connectivity index (χ4n) is 1.98. The van der Waals surface area contributed by atoms with Gasteiger partial charge in [-0.05, 0) is 25.8 Å². The minimum atomic E-state index is 0.684. The molecule has 1 aliphatic carbocycles. The summed E-state index contributed by atoms with van der Waals surface area (Å²) in [6.07, 6.45) is 6.38. The number of nitrogens with one attached hydrogen (secondary N) is 1. The Morgan fingerprint density at radius 3 is 2.94 bits per heavy atom. The smallest absolute Gasteiger partial charge is 0.0637 e. The van der Waals surface area contributed by atoms with Crippen LogP contribution in [0.1, 0.15) is 19.8 Å². The zero-order valence-electron chi connectivity index (χ0n) is 10.6. The predicted molar refractivity (Wildman–Crippen MR) is 70.6 cm³/mol. The lowest BCUT2D eigenvalue weighted by Gasteiger charge is -2.24. The molecule has 0 bridgehead atoms. The van der Waals surface area contributed by atoms with Crippen LogP contribution in [0, 0.1) is 0 Å². The van der Waals surface area contributed by atoms with E-state index in [-0.39, 0.29) is 0 Å². The lowest BCUT2D eigenvalue weighted by atomic mass is 10.3. The highest BCUT2D eigenvalue weighted by molar-refractivity contribution is 5.56. The van der Waals surface area contributed by atoms with E-state index in [0.29, 0.717) is 6.04 Å². The van der Waals surface area contributed by atoms with Crippen LogP contribution in [0.3, 0.4) is 0 Å². The van der Waals surface area contributed by atoms with E-state index in [4.69, 9.17) is 4.74 Å². The van der Waals surface area contributed by atoms with E-state index in [0.717, 1.165) is 25.4 Å². The van der Waals surface area contributed by atoms with Crippen LogP contribution in [0.15, 0.2) is 18.5 Å². The van der Waals surface area contributed by atoms with Crippen LogP contribution in [0.5, 0.6) is 0 Å². The second kappa shape index (κ2) is 5.87. The summed E-state index contributed by atoms with van der Waals surface area (Å²) in [7, 11) is 1.75. The molecule has 2 rings (SSSR count). The first-order chi connectivity index (χ1) is 8.35. The van der Waals surface area contributed by atoms with Crippen molar-refractivity contribution in [1.82, 2.24) is 4.98 Å². The SMILES string of the molecule is CCNc1cncc(N(CCOC)C2CC2)c1. The van der Waals surface area contributed by atoms with Crippen molar-refractivity contribution in [3.63, 3.8) is 0 Å². The van der Waals surface area contributed by atoms with Gasteiger partial charge in [0.1, 0.15) is 0 Å². The first-order valence-electron chi connectivity index (χ1n) is 6.29. The van der Waals surface area contributed by atoms with Gasteiger partial charge in [-0.2, -0.15) is 0 Å². The second-order valence-corrected chi connectivity index (χ2v) is 4.38. The van der Waals surface area contributed by atoms with Gasteiger partial charge in [0, 0.05) is 26.2 Å². The first-order valence-corrected chi connectivity index (χ1v) is 6.29. The van der Waals surface area contributed by atoms with Gasteiger partial charge < -0.3 is 15.0 Å². The lowest BCUT2D eigenvalue weighted by Crippen LogP contribution is -2.29. The second-order valence-electron chi connectivity index (χ2n) is 4.38. The van der Waals surface area contributed by atoms with Crippen molar-refractivity contribution in [2.75, 3.05) is 37.0 Å². The van der Waals surface area contributed by atoms with Gasteiger partial charge in [0.25, 0.3) is 0 Å². The molecule has 0 radical (unpaired) electrons. The third-order valence-electron chi connectivity index (χ3n) is 2.96. The predicted octanol–water partition coefficient (Wildman–Crippen LogP) is 2.13. The van der Waals surface area contributed by atoms with Crippen molar-refractivity contribution in [3.05, 3.63) is 18.5 Å². The molecular weight excluding hydrogens is 214 g/mol. The lowest BCUT2D eigenvalue weighted by molar-refractivity contribution is 0.205. The summed E-state index contributed by atoms with van der Waals surface area (Å²) < 4.78 is 5.17. The molecule has 1 N–H and O–H groups in total. The number of methoxy groups -OCH3 is 1. The molecular formula is C13H21N3O. The average molecular weight is 235 g/mol. The molecule has 1 saturated carbocycles. The topological polar surface area (TPSA) is 37.4 Å². The number of aromatic nitrogens is 1. The Morgan fingerprint density at radius 2 is 2.29 bits per heavy atom. The number of anilines is 2. The number of hydrogen-bond acceptors (Lipinski definition) is 4. The fourth-order valence-corrected chi connectivity index (χ4v) is 1.98. The van der Waals surface area contributed by atoms with Gasteiger partial charge in [-0.25, -0.2) is 0 Å². The zero-order valence-corrected chi connectivity index (χ0v) is 10.6. The van der Waals surface area contributed by atoms with Gasteiger partial charge in [0.2, 0.25) is 0 Å². The van der Waals surface area contributed by atoms with Crippen LogP contribution < -0.4 is 10.2 Å². The Balaban J connectivity index is 2.08. The molecule has 1 fully saturated rings. The van der Waals surface area contributed by atoms with Crippen molar-refractivity contribution in [1.29, 1.82) is 0 Å². The van der Waals surface area contributed by atoms with E-state index in [9.17, 15) is 0 Å². The van der Waals surface area contributed by atoms with Crippen molar-refractivity contribution in [2.45, 2.75) is 25.8 Å². The van der Waals surface area contributed by atoms with Crippen LogP contribution in [0.25, 0.3) is 0 Å². The minimum absolute atomic E-state index is 0.684. The van der Waals surface area contributed by atoms with E-state index in [1.54, 1.807) is 7.11 Å². The maximum Gasteiger partial charge on any atom is 0.0637 e. The number of pyridine rings is 1. The molecule has 0 aromatic carbocycles. The van der Waals surface area contributed by atoms with E-state index in [2.05, 4.69) is 28.2 Å². The Hall–Kier alpha value is -1.29. The van der Waals surface area contributed by atoms with Crippen molar-refractivity contribution < 1.29 is 4.74 Å². The summed E-state index contributed by atoms with van der Waals surface area (Å²) in [5.74, 6) is 0. The molecule has 0 aliphatic heterocycles. The Labute approximate surface area is 103 Å². The maximum atomic E-state index is 5.17. The summed E-state index contributed by atoms with van der Waals surface area (Å²) in [4.78, 5) is 6.70. The minimum Gasteiger partial charge on any atom is -0.384 e. The third kappa shape index (κ3) is 3.33. The third-order valence-corrected chi connectivity index (χ3v) is 2.96. The Morgan fingerprint density at radius 1 is 1.47 bits per heavy atom. The highest BCUT2D eigenvalue weighted by Gasteiger charge is 2.29. The molecule has 4 nitrogen and oxygen atoms in total. The molecule has 94 valence electrons. The van der Waals surface area contributed by atoms with Gasteiger partial charge in [-0.1, -0.05) is 0 Å². The maximum absolute atomic E-state index is 5.17. The molecule has 0 spiro atoms. The Kier molecular flexibility index (Phi) is 4.20. The summed E-state index contributed by atoms with van der Waals surface area (Å²) in [6, 6.07) is 2.86. The van der Waals surface area contributed by atoms with Gasteiger partial charge in [0.15, 0.2) is 0 Å². The molecule has 0 amide bonds. The summed E-state index contributed by atoms with van der Waals surface area (Å²) in [6.45, 7) is 4.73. The average Bonchev–Trinajstić information content (AvgIpc) is 3.15. The summed E-state index contributed by atoms with van der Waals surface area (Å²) in [5.41, 5.74) is 2.29. The monoisotopic (exact) mass is 235 g/mol. The molecule has 0 saturated heterocycles. The molecule has 0 unspecified atom stereocenters. The molecule has 1 heterocycles. The summed E-state index contributed by atoms with van der Waals surface area (Å²) in [5, 5.41) is 3.30. The van der Waals surface area contributed by atoms with Crippen LogP contribution >= 0.6 is 0 Å². The highest BCUT2D eigenvalue weighted by atomic mass is 16.5. The van der Waals surface area contributed by atoms with Gasteiger partial charge in [-0.3, -0.25) is 4.98 Å². The van der Waals surface area contributed by atoms with Crippen LogP contribution in [0.4, 0.5) is 11.4 Å². The highest BCUT2D eigenvalue weighted by Crippen LogP contribution is 2.31. The number of nitrogens with zero attached hydrogens (tertiary/aromatic N) is 2. The van der Waals surface area contributed by atoms with Gasteiger partial charge in [0.05, 0.1) is 30.4 Å². The zero-order chi connectivity index (χ0) is 12.1. The summed E-state index contributed by atoms with van der Waals surface area (Å²) >= 11 is 0. The van der Waals surface area contributed by atoms with Gasteiger partial charge in [-0.15, -0.1) is 0 Å². The molecule has 1 aromatic rings. The number of ether oxygens (including phenoxy) is 1. The number of rotatable bonds is 7. The van der Waals surface area contributed by atoms with E-state index in [1.807, 2.05) is 12.4 Å². The molecule has 0 atom stereocenters. The molecule has 17 heavy (non-hydrogen) atoms. The fraction of sp³-hybridized carbons (Fsp3) is 0.615. The first kappa shape index (κ1) is 12.2. The van der Waals surface area contributed by atoms with Crippen molar-refractivity contribution >= 4 is 11.4 Å². The number of hydrogen-bond donors (Lipinski definition) is 1.